The number of hydrogen-bond acceptors (Lipinski definition) is 4. The molecular formula is C25H31N5O2. The maximum absolute atomic E-state index is 5.95. The van der Waals surface area contributed by atoms with Crippen LogP contribution in [0.5, 0.6) is 0 Å². The standard InChI is InChI=1S/C25H31N5O2/c1-26-25(30-12-13-32-24(17-30)23-15-28-29(2)16-23)27-14-20-8-10-22(11-9-20)19-31-18-21-6-4-3-5-7-21/h3-11,15-16,24H,12-14,17-19H2,1-2H3,(H,26,27). The number of nitrogens with one attached hydrogen (secondary N) is 1. The van der Waals surface area contributed by atoms with Gasteiger partial charge in [-0.05, 0) is 16.7 Å². The van der Waals surface area contributed by atoms with Crippen molar-refractivity contribution in [2.45, 2.75) is 25.9 Å². The lowest BCUT2D eigenvalue weighted by Gasteiger charge is -2.34. The number of guanidine groups is 1. The van der Waals surface area contributed by atoms with E-state index < -0.39 is 0 Å². The smallest absolute Gasteiger partial charge is 0.194 e. The van der Waals surface area contributed by atoms with Gasteiger partial charge >= 0.3 is 0 Å². The molecule has 2 aromatic carbocycles. The monoisotopic (exact) mass is 433 g/mol. The summed E-state index contributed by atoms with van der Waals surface area (Å²) in [5.41, 5.74) is 4.66. The number of ether oxygens (including phenoxy) is 2. The largest absolute Gasteiger partial charge is 0.372 e. The average molecular weight is 434 g/mol. The molecule has 1 saturated heterocycles. The van der Waals surface area contributed by atoms with Crippen molar-refractivity contribution in [2.75, 3.05) is 26.7 Å². The summed E-state index contributed by atoms with van der Waals surface area (Å²) in [5.74, 6) is 0.887. The summed E-state index contributed by atoms with van der Waals surface area (Å²) < 4.78 is 13.6. The zero-order chi connectivity index (χ0) is 22.2. The molecule has 2 heterocycles. The summed E-state index contributed by atoms with van der Waals surface area (Å²) in [6.07, 6.45) is 3.89. The van der Waals surface area contributed by atoms with Crippen molar-refractivity contribution in [2.24, 2.45) is 12.0 Å². The Morgan fingerprint density at radius 3 is 2.50 bits per heavy atom. The normalized spacial score (nSPS) is 16.9. The summed E-state index contributed by atoms with van der Waals surface area (Å²) in [7, 11) is 3.75. The van der Waals surface area contributed by atoms with Gasteiger partial charge in [0, 0.05) is 38.9 Å². The maximum Gasteiger partial charge on any atom is 0.194 e. The predicted molar refractivity (Wildman–Crippen MR) is 125 cm³/mol. The van der Waals surface area contributed by atoms with E-state index in [2.05, 4.69) is 56.7 Å². The van der Waals surface area contributed by atoms with Gasteiger partial charge in [0.25, 0.3) is 0 Å². The van der Waals surface area contributed by atoms with Gasteiger partial charge < -0.3 is 19.7 Å². The Labute approximate surface area is 189 Å². The van der Waals surface area contributed by atoms with Crippen LogP contribution >= 0.6 is 0 Å². The number of hydrogen-bond donors (Lipinski definition) is 1. The molecule has 0 aliphatic carbocycles. The van der Waals surface area contributed by atoms with Crippen molar-refractivity contribution in [3.05, 3.63) is 89.2 Å². The fraction of sp³-hybridized carbons (Fsp3) is 0.360. The summed E-state index contributed by atoms with van der Waals surface area (Å²) in [5, 5.41) is 7.75. The Balaban J connectivity index is 1.25. The van der Waals surface area contributed by atoms with Crippen molar-refractivity contribution in [3.63, 3.8) is 0 Å². The van der Waals surface area contributed by atoms with Crippen LogP contribution in [0, 0.1) is 0 Å². The highest BCUT2D eigenvalue weighted by molar-refractivity contribution is 5.80. The number of aryl methyl sites for hydroxylation is 1. The Morgan fingerprint density at radius 1 is 1.09 bits per heavy atom. The lowest BCUT2D eigenvalue weighted by molar-refractivity contribution is -0.00805. The van der Waals surface area contributed by atoms with Gasteiger partial charge in [-0.3, -0.25) is 9.67 Å². The molecule has 1 fully saturated rings. The molecule has 168 valence electrons. The van der Waals surface area contributed by atoms with Gasteiger partial charge in [-0.25, -0.2) is 0 Å². The number of aliphatic imine (C=N–C) groups is 1. The number of morpholine rings is 1. The minimum absolute atomic E-state index is 0.00571. The number of nitrogens with zero attached hydrogens (tertiary/aromatic N) is 4. The van der Waals surface area contributed by atoms with Crippen LogP contribution in [0.2, 0.25) is 0 Å². The molecule has 0 saturated carbocycles. The van der Waals surface area contributed by atoms with E-state index in [1.54, 1.807) is 4.68 Å². The fourth-order valence-electron chi connectivity index (χ4n) is 3.78. The van der Waals surface area contributed by atoms with E-state index in [9.17, 15) is 0 Å². The van der Waals surface area contributed by atoms with Crippen molar-refractivity contribution in [3.8, 4) is 0 Å². The topological polar surface area (TPSA) is 63.9 Å². The van der Waals surface area contributed by atoms with Crippen molar-refractivity contribution < 1.29 is 9.47 Å². The molecule has 1 unspecified atom stereocenters. The van der Waals surface area contributed by atoms with Gasteiger partial charge in [0.1, 0.15) is 6.10 Å². The minimum atomic E-state index is 0.00571. The highest BCUT2D eigenvalue weighted by atomic mass is 16.5. The third-order valence-corrected chi connectivity index (χ3v) is 5.53. The fourth-order valence-corrected chi connectivity index (χ4v) is 3.78. The summed E-state index contributed by atoms with van der Waals surface area (Å²) >= 11 is 0. The molecule has 1 aliphatic heterocycles. The molecule has 32 heavy (non-hydrogen) atoms. The van der Waals surface area contributed by atoms with E-state index in [0.29, 0.717) is 26.4 Å². The summed E-state index contributed by atoms with van der Waals surface area (Å²) in [4.78, 5) is 6.73. The Kier molecular flexibility index (Phi) is 7.53. The molecule has 7 nitrogen and oxygen atoms in total. The molecule has 0 bridgehead atoms. The predicted octanol–water partition coefficient (Wildman–Crippen LogP) is 3.29. The average Bonchev–Trinajstić information content (AvgIpc) is 3.28. The molecule has 1 N–H and O–H groups in total. The zero-order valence-electron chi connectivity index (χ0n) is 18.8. The number of rotatable bonds is 7. The first-order chi connectivity index (χ1) is 15.7. The van der Waals surface area contributed by atoms with Crippen LogP contribution in [-0.4, -0.2) is 47.4 Å². The van der Waals surface area contributed by atoms with Crippen LogP contribution in [-0.2, 0) is 36.3 Å². The van der Waals surface area contributed by atoms with Crippen LogP contribution in [0.15, 0.2) is 72.0 Å². The number of aromatic nitrogens is 2. The Hall–Kier alpha value is -3.16. The quantitative estimate of drug-likeness (QED) is 0.458. The van der Waals surface area contributed by atoms with E-state index in [0.717, 1.165) is 24.6 Å². The Bertz CT molecular complexity index is 1000. The number of benzene rings is 2. The first kappa shape index (κ1) is 22.0. The van der Waals surface area contributed by atoms with Gasteiger partial charge in [-0.1, -0.05) is 54.6 Å². The second-order valence-electron chi connectivity index (χ2n) is 7.95. The highest BCUT2D eigenvalue weighted by Crippen LogP contribution is 2.21. The summed E-state index contributed by atoms with van der Waals surface area (Å²) in [6, 6.07) is 18.8. The van der Waals surface area contributed by atoms with Gasteiger partial charge in [0.2, 0.25) is 0 Å². The maximum atomic E-state index is 5.95. The lowest BCUT2D eigenvalue weighted by Crippen LogP contribution is -2.47. The van der Waals surface area contributed by atoms with Gasteiger partial charge in [0.15, 0.2) is 5.96 Å². The second kappa shape index (κ2) is 10.9. The van der Waals surface area contributed by atoms with Gasteiger partial charge in [-0.15, -0.1) is 0 Å². The molecular weight excluding hydrogens is 402 g/mol. The first-order valence-corrected chi connectivity index (χ1v) is 11.0. The third-order valence-electron chi connectivity index (χ3n) is 5.53. The van der Waals surface area contributed by atoms with E-state index >= 15 is 0 Å². The molecule has 1 atom stereocenters. The van der Waals surface area contributed by atoms with Crippen LogP contribution in [0.4, 0.5) is 0 Å². The Morgan fingerprint density at radius 2 is 1.81 bits per heavy atom. The second-order valence-corrected chi connectivity index (χ2v) is 7.95. The van der Waals surface area contributed by atoms with Gasteiger partial charge in [0.05, 0.1) is 32.6 Å². The molecule has 0 radical (unpaired) electrons. The van der Waals surface area contributed by atoms with Crippen LogP contribution in [0.25, 0.3) is 0 Å². The molecule has 4 rings (SSSR count). The lowest BCUT2D eigenvalue weighted by atomic mass is 10.1. The summed E-state index contributed by atoms with van der Waals surface area (Å²) in [6.45, 7) is 4.18. The van der Waals surface area contributed by atoms with E-state index in [1.807, 2.05) is 44.7 Å². The van der Waals surface area contributed by atoms with Crippen LogP contribution < -0.4 is 5.32 Å². The van der Waals surface area contributed by atoms with Crippen molar-refractivity contribution in [1.82, 2.24) is 20.0 Å². The van der Waals surface area contributed by atoms with Gasteiger partial charge in [-0.2, -0.15) is 5.10 Å². The van der Waals surface area contributed by atoms with E-state index in [4.69, 9.17) is 9.47 Å². The first-order valence-electron chi connectivity index (χ1n) is 11.0. The van der Waals surface area contributed by atoms with Crippen molar-refractivity contribution >= 4 is 5.96 Å². The molecule has 7 heteroatoms. The molecule has 0 amide bonds. The van der Waals surface area contributed by atoms with Crippen molar-refractivity contribution in [1.29, 1.82) is 0 Å². The zero-order valence-corrected chi connectivity index (χ0v) is 18.8. The van der Waals surface area contributed by atoms with Crippen LogP contribution in [0.1, 0.15) is 28.4 Å². The SMILES string of the molecule is CN=C(NCc1ccc(COCc2ccccc2)cc1)N1CCOC(c2cnn(C)c2)C1. The molecule has 1 aliphatic rings. The molecule has 0 spiro atoms. The van der Waals surface area contributed by atoms with E-state index in [-0.39, 0.29) is 6.10 Å². The molecule has 1 aromatic heterocycles. The highest BCUT2D eigenvalue weighted by Gasteiger charge is 2.25. The van der Waals surface area contributed by atoms with Crippen LogP contribution in [0.3, 0.4) is 0 Å². The third kappa shape index (κ3) is 5.96. The minimum Gasteiger partial charge on any atom is -0.372 e. The molecule has 3 aromatic rings. The van der Waals surface area contributed by atoms with E-state index in [1.165, 1.54) is 16.7 Å².